The molecule has 3 aromatic carbocycles. The second-order valence-electron chi connectivity index (χ2n) is 8.83. The summed E-state index contributed by atoms with van der Waals surface area (Å²) in [7, 11) is 1.80. The molecule has 5 rings (SSSR count). The summed E-state index contributed by atoms with van der Waals surface area (Å²) in [5.74, 6) is -1.88. The van der Waals surface area contributed by atoms with Crippen molar-refractivity contribution in [1.82, 2.24) is 0 Å². The number of aryl methyl sites for hydroxylation is 1. The molecule has 0 saturated heterocycles. The standard InChI is InChI=1S/C31H29N2O/c1-18(2)28-20(4)15-27(33(7)21(28)5)29-19(3)13-14-24-26-17-23(32-6)16-25(30(26)34-31(24)29)22-11-9-8-10-12-22/h8-18H,1-5,7H3/q+1/i1D3,15D,18D. The largest absolute Gasteiger partial charge is 0.455 e. The fourth-order valence-electron chi connectivity index (χ4n) is 4.93. The van der Waals surface area contributed by atoms with E-state index in [4.69, 9.17) is 16.5 Å². The van der Waals surface area contributed by atoms with Gasteiger partial charge < -0.3 is 4.42 Å². The molecule has 0 spiro atoms. The molecule has 0 amide bonds. The minimum absolute atomic E-state index is 0.155. The first kappa shape index (κ1) is 16.7. The van der Waals surface area contributed by atoms with Crippen LogP contribution in [0, 0.1) is 27.3 Å². The number of furan rings is 1. The molecule has 0 fully saturated rings. The van der Waals surface area contributed by atoms with Gasteiger partial charge in [0.1, 0.15) is 18.2 Å². The van der Waals surface area contributed by atoms with Gasteiger partial charge in [0, 0.05) is 40.3 Å². The molecule has 0 aliphatic rings. The van der Waals surface area contributed by atoms with Crippen molar-refractivity contribution in [2.45, 2.75) is 40.4 Å². The number of fused-ring (bicyclic) bond motifs is 3. The van der Waals surface area contributed by atoms with Crippen LogP contribution in [0.4, 0.5) is 5.69 Å². The van der Waals surface area contributed by atoms with Crippen molar-refractivity contribution in [3.8, 4) is 22.4 Å². The summed E-state index contributed by atoms with van der Waals surface area (Å²) in [5, 5.41) is 1.65. The number of pyridine rings is 1. The lowest BCUT2D eigenvalue weighted by Gasteiger charge is -2.15. The normalized spacial score (nSPS) is 15.7. The highest BCUT2D eigenvalue weighted by Gasteiger charge is 2.26. The first-order valence-electron chi connectivity index (χ1n) is 13.7. The Morgan fingerprint density at radius 2 is 1.79 bits per heavy atom. The van der Waals surface area contributed by atoms with Crippen LogP contribution in [0.5, 0.6) is 0 Å². The highest BCUT2D eigenvalue weighted by molar-refractivity contribution is 6.14. The maximum Gasteiger partial charge on any atom is 0.216 e. The van der Waals surface area contributed by atoms with Gasteiger partial charge in [0.25, 0.3) is 0 Å². The summed E-state index contributed by atoms with van der Waals surface area (Å²) < 4.78 is 50.3. The Morgan fingerprint density at radius 1 is 1.03 bits per heavy atom. The van der Waals surface area contributed by atoms with E-state index in [1.54, 1.807) is 25.5 Å². The minimum Gasteiger partial charge on any atom is -0.455 e. The van der Waals surface area contributed by atoms with Crippen LogP contribution in [0.3, 0.4) is 0 Å². The van der Waals surface area contributed by atoms with E-state index in [2.05, 4.69) is 4.85 Å². The molecule has 1 atom stereocenters. The van der Waals surface area contributed by atoms with Gasteiger partial charge >= 0.3 is 0 Å². The van der Waals surface area contributed by atoms with Crippen LogP contribution in [0.2, 0.25) is 0 Å². The number of nitrogens with zero attached hydrogens (tertiary/aromatic N) is 2. The van der Waals surface area contributed by atoms with Crippen LogP contribution in [0.15, 0.2) is 65.1 Å². The molecule has 0 radical (unpaired) electrons. The Kier molecular flexibility index (Phi) is 4.00. The van der Waals surface area contributed by atoms with E-state index in [0.29, 0.717) is 39.4 Å². The highest BCUT2D eigenvalue weighted by atomic mass is 16.3. The van der Waals surface area contributed by atoms with E-state index < -0.39 is 12.7 Å². The first-order chi connectivity index (χ1) is 18.3. The highest BCUT2D eigenvalue weighted by Crippen LogP contribution is 2.43. The third-order valence-electron chi connectivity index (χ3n) is 6.64. The second kappa shape index (κ2) is 8.15. The summed E-state index contributed by atoms with van der Waals surface area (Å²) in [5.41, 5.74) is 7.15. The molecule has 0 N–H and O–H groups in total. The van der Waals surface area contributed by atoms with Crippen LogP contribution in [0.1, 0.15) is 48.9 Å². The van der Waals surface area contributed by atoms with E-state index >= 15 is 0 Å². The van der Waals surface area contributed by atoms with Gasteiger partial charge in [0.2, 0.25) is 5.69 Å². The maximum absolute atomic E-state index is 9.17. The molecule has 34 heavy (non-hydrogen) atoms. The van der Waals surface area contributed by atoms with Gasteiger partial charge in [-0.3, -0.25) is 0 Å². The van der Waals surface area contributed by atoms with Gasteiger partial charge in [-0.05, 0) is 48.6 Å². The van der Waals surface area contributed by atoms with Crippen molar-refractivity contribution in [3.63, 3.8) is 0 Å². The summed E-state index contributed by atoms with van der Waals surface area (Å²) in [6.07, 6.45) is 0. The summed E-state index contributed by atoms with van der Waals surface area (Å²) >= 11 is 0. The van der Waals surface area contributed by atoms with E-state index in [1.807, 2.05) is 61.5 Å². The smallest absolute Gasteiger partial charge is 0.216 e. The van der Waals surface area contributed by atoms with Gasteiger partial charge in [0.15, 0.2) is 11.4 Å². The van der Waals surface area contributed by atoms with E-state index in [9.17, 15) is 1.37 Å². The molecule has 5 aromatic rings. The van der Waals surface area contributed by atoms with Gasteiger partial charge in [-0.1, -0.05) is 56.2 Å². The molecular formula is C31H29N2O+. The molecule has 168 valence electrons. The molecule has 2 aromatic heterocycles. The Bertz CT molecular complexity index is 1800. The lowest BCUT2D eigenvalue weighted by molar-refractivity contribution is -0.667. The van der Waals surface area contributed by atoms with Crippen molar-refractivity contribution >= 4 is 27.6 Å². The van der Waals surface area contributed by atoms with Crippen LogP contribution < -0.4 is 4.57 Å². The predicted molar refractivity (Wildman–Crippen MR) is 140 cm³/mol. The molecule has 3 nitrogen and oxygen atoms in total. The lowest BCUT2D eigenvalue weighted by atomic mass is 9.93. The predicted octanol–water partition coefficient (Wildman–Crippen LogP) is 8.34. The molecule has 0 aliphatic heterocycles. The van der Waals surface area contributed by atoms with Crippen molar-refractivity contribution < 1.29 is 15.8 Å². The van der Waals surface area contributed by atoms with Crippen LogP contribution in [-0.2, 0) is 7.05 Å². The Morgan fingerprint density at radius 3 is 2.50 bits per heavy atom. The molecule has 2 heterocycles. The van der Waals surface area contributed by atoms with Crippen LogP contribution in [0.25, 0.3) is 49.2 Å². The average Bonchev–Trinajstić information content (AvgIpc) is 3.26. The maximum atomic E-state index is 9.17. The SMILES string of the molecule is [2H]c1c(C)c(C([2H])(C)C([2H])([2H])[2H])c(C)[n+](C)c1-c1c(C)ccc2c1oc1c(-c3ccccc3)cc([N+]#[C-])cc12. The van der Waals surface area contributed by atoms with E-state index in [0.717, 1.165) is 33.0 Å². The number of hydrogen-bond donors (Lipinski definition) is 0. The fourth-order valence-corrected chi connectivity index (χ4v) is 4.93. The Hall–Kier alpha value is -3.90. The second-order valence-corrected chi connectivity index (χ2v) is 8.83. The zero-order valence-electron chi connectivity index (χ0n) is 25.0. The Balaban J connectivity index is 1.90. The third kappa shape index (κ3) is 3.30. The molecule has 3 heteroatoms. The summed E-state index contributed by atoms with van der Waals surface area (Å²) in [6, 6.07) is 17.6. The number of benzene rings is 3. The number of hydrogen-bond acceptors (Lipinski definition) is 1. The fraction of sp³-hybridized carbons (Fsp3) is 0.226. The monoisotopic (exact) mass is 450 g/mol. The van der Waals surface area contributed by atoms with Crippen molar-refractivity contribution in [3.05, 3.63) is 94.4 Å². The molecule has 1 unspecified atom stereocenters. The molecule has 0 aliphatic carbocycles. The van der Waals surface area contributed by atoms with Gasteiger partial charge in [-0.2, -0.15) is 4.57 Å². The van der Waals surface area contributed by atoms with Gasteiger partial charge in [-0.25, -0.2) is 4.85 Å². The lowest BCUT2D eigenvalue weighted by Crippen LogP contribution is -2.37. The van der Waals surface area contributed by atoms with E-state index in [1.165, 1.54) is 6.92 Å². The van der Waals surface area contributed by atoms with Gasteiger partial charge in [0.05, 0.1) is 13.5 Å². The molecule has 0 saturated carbocycles. The zero-order chi connectivity index (χ0) is 28.4. The van der Waals surface area contributed by atoms with Crippen molar-refractivity contribution in [1.29, 1.82) is 0 Å². The minimum atomic E-state index is -2.56. The third-order valence-corrected chi connectivity index (χ3v) is 6.64. The zero-order valence-corrected chi connectivity index (χ0v) is 20.0. The van der Waals surface area contributed by atoms with Crippen LogP contribution >= 0.6 is 0 Å². The van der Waals surface area contributed by atoms with E-state index in [-0.39, 0.29) is 6.04 Å². The quantitative estimate of drug-likeness (QED) is 0.200. The average molecular weight is 451 g/mol. The first-order valence-corrected chi connectivity index (χ1v) is 11.2. The molecular weight excluding hydrogens is 416 g/mol. The number of aromatic nitrogens is 1. The Labute approximate surface area is 208 Å². The molecule has 0 bridgehead atoms. The van der Waals surface area contributed by atoms with Crippen molar-refractivity contribution in [2.75, 3.05) is 0 Å². The van der Waals surface area contributed by atoms with Crippen LogP contribution in [-0.4, -0.2) is 0 Å². The number of rotatable bonds is 3. The topological polar surface area (TPSA) is 21.4 Å². The summed E-state index contributed by atoms with van der Waals surface area (Å²) in [6.45, 7) is 12.0. The van der Waals surface area contributed by atoms with Crippen molar-refractivity contribution in [2.24, 2.45) is 7.05 Å². The summed E-state index contributed by atoms with van der Waals surface area (Å²) in [4.78, 5) is 3.71. The van der Waals surface area contributed by atoms with Gasteiger partial charge in [-0.15, -0.1) is 0 Å².